The fourth-order valence-corrected chi connectivity index (χ4v) is 0. The van der Waals surface area contributed by atoms with E-state index in [-0.39, 0.29) is 4.70 Å². The third-order valence-corrected chi connectivity index (χ3v) is 0.243. The molecule has 4 N–H and O–H groups in total. The monoisotopic (exact) mass is 108 g/mol. The molecule has 0 aliphatic rings. The van der Waals surface area contributed by atoms with Crippen LogP contribution in [0.25, 0.3) is 0 Å². The van der Waals surface area contributed by atoms with Crippen LogP contribution in [0.5, 0.6) is 0 Å². The quantitative estimate of drug-likeness (QED) is 0.355. The van der Waals surface area contributed by atoms with Crippen LogP contribution in [0.3, 0.4) is 0 Å². The summed E-state index contributed by atoms with van der Waals surface area (Å²) >= 11 is 0. The molecule has 42 valence electrons. The van der Waals surface area contributed by atoms with Gasteiger partial charge in [-0.15, -0.1) is 0 Å². The molecule has 5 heteroatoms. The summed E-state index contributed by atoms with van der Waals surface area (Å²) in [5.41, 5.74) is 8.64. The molecular formula is C2H5FN2O2. The van der Waals surface area contributed by atoms with Gasteiger partial charge in [-0.3, -0.25) is 14.3 Å². The number of nitrogens with two attached hydrogens (primary N) is 2. The zero-order valence-electron chi connectivity index (χ0n) is 3.38. The molecule has 0 aromatic rings. The minimum absolute atomic E-state index is 0. The van der Waals surface area contributed by atoms with E-state index in [1.807, 2.05) is 0 Å². The van der Waals surface area contributed by atoms with Gasteiger partial charge in [-0.05, 0) is 0 Å². The first-order valence-corrected chi connectivity index (χ1v) is 1.24. The number of primary amides is 2. The Balaban J connectivity index is 0. The Morgan fingerprint density at radius 2 is 1.14 bits per heavy atom. The van der Waals surface area contributed by atoms with Gasteiger partial charge in [-0.2, -0.15) is 0 Å². The zero-order valence-corrected chi connectivity index (χ0v) is 3.38. The average Bonchev–Trinajstić information content (AvgIpc) is 1.36. The minimum atomic E-state index is -1.10. The Labute approximate surface area is 38.8 Å². The second kappa shape index (κ2) is 3.08. The lowest BCUT2D eigenvalue weighted by Gasteiger charge is -1.75. The first kappa shape index (κ1) is 9.30. The van der Waals surface area contributed by atoms with E-state index in [1.54, 1.807) is 0 Å². The lowest BCUT2D eigenvalue weighted by molar-refractivity contribution is -0.135. The standard InChI is InChI=1S/C2H4N2O2.FH/c3-1(5)2(4)6;/h(H2,3,5)(H2,4,6);1H. The molecule has 0 unspecified atom stereocenters. The van der Waals surface area contributed by atoms with Gasteiger partial charge in [0.25, 0.3) is 0 Å². The number of carbonyl (C=O) groups excluding carboxylic acids is 2. The van der Waals surface area contributed by atoms with Gasteiger partial charge < -0.3 is 11.5 Å². The Bertz CT molecular complexity index is 79.7. The molecule has 0 bridgehead atoms. The van der Waals surface area contributed by atoms with Crippen LogP contribution >= 0.6 is 0 Å². The largest absolute Gasteiger partial charge is 0.361 e. The summed E-state index contributed by atoms with van der Waals surface area (Å²) in [6.45, 7) is 0. The number of halogens is 1. The van der Waals surface area contributed by atoms with Crippen molar-refractivity contribution in [3.05, 3.63) is 0 Å². The van der Waals surface area contributed by atoms with Crippen molar-refractivity contribution in [1.82, 2.24) is 0 Å². The van der Waals surface area contributed by atoms with Crippen molar-refractivity contribution in [1.29, 1.82) is 0 Å². The van der Waals surface area contributed by atoms with Gasteiger partial charge in [-0.1, -0.05) is 0 Å². The summed E-state index contributed by atoms with van der Waals surface area (Å²) in [5.74, 6) is -2.20. The molecule has 0 fully saturated rings. The first-order valence-electron chi connectivity index (χ1n) is 1.24. The van der Waals surface area contributed by atoms with Gasteiger partial charge in [-0.25, -0.2) is 0 Å². The highest BCUT2D eigenvalue weighted by molar-refractivity contribution is 6.33. The van der Waals surface area contributed by atoms with Crippen molar-refractivity contribution in [2.75, 3.05) is 0 Å². The van der Waals surface area contributed by atoms with Crippen molar-refractivity contribution in [3.63, 3.8) is 0 Å². The number of hydrogen-bond donors (Lipinski definition) is 2. The fraction of sp³-hybridized carbons (Fsp3) is 0. The average molecular weight is 108 g/mol. The Kier molecular flexibility index (Phi) is 4.08. The molecule has 0 heterocycles. The molecule has 0 rings (SSSR count). The van der Waals surface area contributed by atoms with Crippen LogP contribution in [-0.2, 0) is 9.59 Å². The van der Waals surface area contributed by atoms with E-state index in [4.69, 9.17) is 0 Å². The van der Waals surface area contributed by atoms with E-state index in [1.165, 1.54) is 0 Å². The fourth-order valence-electron chi connectivity index (χ4n) is 0. The van der Waals surface area contributed by atoms with Crippen molar-refractivity contribution in [3.8, 4) is 0 Å². The molecule has 0 radical (unpaired) electrons. The Hall–Kier alpha value is -1.13. The number of rotatable bonds is 0. The lowest BCUT2D eigenvalue weighted by Crippen LogP contribution is -2.29. The van der Waals surface area contributed by atoms with Crippen LogP contribution < -0.4 is 11.5 Å². The Morgan fingerprint density at radius 3 is 1.14 bits per heavy atom. The van der Waals surface area contributed by atoms with Gasteiger partial charge in [0.05, 0.1) is 0 Å². The number of amides is 2. The van der Waals surface area contributed by atoms with Crippen molar-refractivity contribution in [2.45, 2.75) is 0 Å². The van der Waals surface area contributed by atoms with Crippen LogP contribution in [-0.4, -0.2) is 11.8 Å². The molecule has 0 aliphatic heterocycles. The molecule has 0 aromatic carbocycles. The van der Waals surface area contributed by atoms with E-state index in [0.717, 1.165) is 0 Å². The minimum Gasteiger partial charge on any atom is -0.361 e. The molecule has 4 nitrogen and oxygen atoms in total. The summed E-state index contributed by atoms with van der Waals surface area (Å²) < 4.78 is 0. The maximum Gasteiger partial charge on any atom is 0.306 e. The highest BCUT2D eigenvalue weighted by atomic mass is 19.0. The summed E-state index contributed by atoms with van der Waals surface area (Å²) in [6.07, 6.45) is 0. The molecular weight excluding hydrogens is 103 g/mol. The van der Waals surface area contributed by atoms with Crippen LogP contribution in [0.2, 0.25) is 0 Å². The number of hydrogen-bond acceptors (Lipinski definition) is 2. The SMILES string of the molecule is F.NC(=O)C(N)=O. The van der Waals surface area contributed by atoms with Crippen LogP contribution in [0.4, 0.5) is 4.70 Å². The first-order chi connectivity index (χ1) is 2.64. The second-order valence-corrected chi connectivity index (χ2v) is 0.729. The zero-order chi connectivity index (χ0) is 5.15. The summed E-state index contributed by atoms with van der Waals surface area (Å²) in [4.78, 5) is 18.9. The molecule has 7 heavy (non-hydrogen) atoms. The molecule has 0 spiro atoms. The maximum atomic E-state index is 9.45. The predicted molar refractivity (Wildman–Crippen MR) is 20.9 cm³/mol. The molecule has 0 aromatic heterocycles. The van der Waals surface area contributed by atoms with Crippen LogP contribution in [0.1, 0.15) is 0 Å². The molecule has 2 amide bonds. The summed E-state index contributed by atoms with van der Waals surface area (Å²) in [7, 11) is 0. The summed E-state index contributed by atoms with van der Waals surface area (Å²) in [6, 6.07) is 0. The molecule has 0 atom stereocenters. The van der Waals surface area contributed by atoms with Gasteiger partial charge in [0.2, 0.25) is 0 Å². The third-order valence-electron chi connectivity index (χ3n) is 0.243. The third kappa shape index (κ3) is 4.87. The van der Waals surface area contributed by atoms with Gasteiger partial charge in [0.1, 0.15) is 0 Å². The van der Waals surface area contributed by atoms with E-state index >= 15 is 0 Å². The van der Waals surface area contributed by atoms with Crippen molar-refractivity contribution < 1.29 is 14.3 Å². The lowest BCUT2D eigenvalue weighted by atomic mass is 10.6. The van der Waals surface area contributed by atoms with Crippen molar-refractivity contribution >= 4 is 11.8 Å². The van der Waals surface area contributed by atoms with Gasteiger partial charge >= 0.3 is 11.8 Å². The Morgan fingerprint density at radius 1 is 1.00 bits per heavy atom. The topological polar surface area (TPSA) is 86.2 Å². The predicted octanol–water partition coefficient (Wildman–Crippen LogP) is -1.89. The van der Waals surface area contributed by atoms with Gasteiger partial charge in [0, 0.05) is 0 Å². The second-order valence-electron chi connectivity index (χ2n) is 0.729. The summed E-state index contributed by atoms with van der Waals surface area (Å²) in [5, 5.41) is 0. The molecule has 0 saturated heterocycles. The smallest absolute Gasteiger partial charge is 0.306 e. The number of carbonyl (C=O) groups is 2. The molecule has 0 aliphatic carbocycles. The maximum absolute atomic E-state index is 9.45. The van der Waals surface area contributed by atoms with E-state index in [2.05, 4.69) is 11.5 Å². The normalized spacial score (nSPS) is 6.29. The van der Waals surface area contributed by atoms with Crippen molar-refractivity contribution in [2.24, 2.45) is 11.5 Å². The van der Waals surface area contributed by atoms with Gasteiger partial charge in [0.15, 0.2) is 0 Å². The van der Waals surface area contributed by atoms with E-state index < -0.39 is 11.8 Å². The highest BCUT2D eigenvalue weighted by Crippen LogP contribution is 1.44. The molecule has 0 saturated carbocycles. The van der Waals surface area contributed by atoms with E-state index in [0.29, 0.717) is 0 Å². The van der Waals surface area contributed by atoms with E-state index in [9.17, 15) is 9.59 Å². The highest BCUT2D eigenvalue weighted by Gasteiger charge is 1.96. The van der Waals surface area contributed by atoms with Crippen LogP contribution in [0, 0.1) is 0 Å². The van der Waals surface area contributed by atoms with Crippen LogP contribution in [0.15, 0.2) is 0 Å².